The van der Waals surface area contributed by atoms with E-state index in [1.54, 1.807) is 26.4 Å². The molecule has 2 unspecified atom stereocenters. The molecule has 0 fully saturated rings. The number of carbonyl (C=O) groups is 2. The van der Waals surface area contributed by atoms with E-state index >= 15 is 0 Å². The first kappa shape index (κ1) is 28.3. The normalized spacial score (nSPS) is 13.4. The molecule has 0 aliphatic heterocycles. The highest BCUT2D eigenvalue weighted by Crippen LogP contribution is 2.41. The minimum atomic E-state index is -0.779. The van der Waals surface area contributed by atoms with Crippen molar-refractivity contribution in [1.29, 1.82) is 0 Å². The molecule has 0 bridgehead atoms. The highest BCUT2D eigenvalue weighted by molar-refractivity contribution is 7.10. The second-order valence-corrected chi connectivity index (χ2v) is 11.8. The highest BCUT2D eigenvalue weighted by atomic mass is 32.1. The van der Waals surface area contributed by atoms with Crippen molar-refractivity contribution in [2.45, 2.75) is 53.8 Å². The maximum Gasteiger partial charge on any atom is 0.312 e. The first-order valence-corrected chi connectivity index (χ1v) is 13.0. The average Bonchev–Trinajstić information content (AvgIpc) is 3.38. The smallest absolute Gasteiger partial charge is 0.312 e. The molecule has 0 N–H and O–H groups in total. The Bertz CT molecular complexity index is 1220. The van der Waals surface area contributed by atoms with Crippen LogP contribution in [0.3, 0.4) is 0 Å². The summed E-state index contributed by atoms with van der Waals surface area (Å²) < 4.78 is 23.2. The van der Waals surface area contributed by atoms with Crippen LogP contribution in [0.15, 0.2) is 60.0 Å². The number of rotatable bonds is 8. The van der Waals surface area contributed by atoms with Crippen LogP contribution in [0.1, 0.15) is 75.3 Å². The SMILES string of the molecule is COc1ccc(C(OC(=O)C(C)(C)C)c2ccccc2C(OC(=O)C(C)(C)C)c2cccs2)cc1OC. The van der Waals surface area contributed by atoms with Crippen LogP contribution in [0.5, 0.6) is 11.5 Å². The van der Waals surface area contributed by atoms with E-state index in [1.165, 1.54) is 11.3 Å². The third-order valence-electron chi connectivity index (χ3n) is 5.75. The molecule has 37 heavy (non-hydrogen) atoms. The molecule has 198 valence electrons. The number of thiophene rings is 1. The number of benzene rings is 2. The molecule has 7 heteroatoms. The first-order valence-electron chi connectivity index (χ1n) is 12.1. The maximum atomic E-state index is 13.2. The molecule has 0 amide bonds. The lowest BCUT2D eigenvalue weighted by Gasteiger charge is -2.29. The van der Waals surface area contributed by atoms with Crippen molar-refractivity contribution >= 4 is 23.3 Å². The highest BCUT2D eigenvalue weighted by Gasteiger charge is 2.34. The van der Waals surface area contributed by atoms with Crippen LogP contribution in [0.25, 0.3) is 0 Å². The zero-order valence-electron chi connectivity index (χ0n) is 22.8. The fourth-order valence-corrected chi connectivity index (χ4v) is 4.37. The van der Waals surface area contributed by atoms with Gasteiger partial charge in [0.25, 0.3) is 0 Å². The van der Waals surface area contributed by atoms with Gasteiger partial charge in [0.2, 0.25) is 0 Å². The van der Waals surface area contributed by atoms with E-state index in [0.717, 1.165) is 10.4 Å². The number of ether oxygens (including phenoxy) is 4. The molecule has 0 spiro atoms. The number of esters is 2. The van der Waals surface area contributed by atoms with Crippen molar-refractivity contribution in [2.75, 3.05) is 14.2 Å². The Morgan fingerprint density at radius 2 is 1.24 bits per heavy atom. The predicted octanol–water partition coefficient (Wildman–Crippen LogP) is 7.12. The summed E-state index contributed by atoms with van der Waals surface area (Å²) in [4.78, 5) is 27.1. The molecule has 2 aromatic carbocycles. The number of hydrogen-bond donors (Lipinski definition) is 0. The van der Waals surface area contributed by atoms with Gasteiger partial charge >= 0.3 is 11.9 Å². The zero-order valence-corrected chi connectivity index (χ0v) is 23.6. The van der Waals surface area contributed by atoms with Crippen LogP contribution < -0.4 is 9.47 Å². The predicted molar refractivity (Wildman–Crippen MR) is 145 cm³/mol. The van der Waals surface area contributed by atoms with Gasteiger partial charge in [0.1, 0.15) is 0 Å². The Morgan fingerprint density at radius 1 is 0.703 bits per heavy atom. The molecule has 6 nitrogen and oxygen atoms in total. The van der Waals surface area contributed by atoms with E-state index in [1.807, 2.05) is 89.4 Å². The van der Waals surface area contributed by atoms with E-state index in [4.69, 9.17) is 18.9 Å². The van der Waals surface area contributed by atoms with Crippen LogP contribution in [0, 0.1) is 10.8 Å². The van der Waals surface area contributed by atoms with Gasteiger partial charge in [0.15, 0.2) is 23.7 Å². The van der Waals surface area contributed by atoms with Crippen molar-refractivity contribution < 1.29 is 28.5 Å². The second kappa shape index (κ2) is 11.4. The fraction of sp³-hybridized carbons (Fsp3) is 0.400. The summed E-state index contributed by atoms with van der Waals surface area (Å²) in [6.07, 6.45) is -1.45. The molecular formula is C30H36O6S. The average molecular weight is 525 g/mol. The minimum absolute atomic E-state index is 0.324. The molecule has 3 rings (SSSR count). The van der Waals surface area contributed by atoms with Gasteiger partial charge in [0.05, 0.1) is 25.0 Å². The third-order valence-corrected chi connectivity index (χ3v) is 6.66. The second-order valence-electron chi connectivity index (χ2n) is 10.8. The summed E-state index contributed by atoms with van der Waals surface area (Å²) in [6, 6.07) is 16.9. The summed E-state index contributed by atoms with van der Waals surface area (Å²) in [5.41, 5.74) is 0.743. The van der Waals surface area contributed by atoms with Gasteiger partial charge in [-0.1, -0.05) is 36.4 Å². The van der Waals surface area contributed by atoms with Crippen LogP contribution >= 0.6 is 11.3 Å². The molecular weight excluding hydrogens is 488 g/mol. The van der Waals surface area contributed by atoms with Crippen molar-refractivity contribution in [2.24, 2.45) is 10.8 Å². The van der Waals surface area contributed by atoms with E-state index in [-0.39, 0.29) is 11.9 Å². The quantitative estimate of drug-likeness (QED) is 0.292. The standard InChI is InChI=1S/C30H36O6S/c1-29(2,3)27(31)35-25(19-15-16-22(33-7)23(18-19)34-8)20-12-9-10-13-21(20)26(24-14-11-17-37-24)36-28(32)30(4,5)6/h9-18,25-26H,1-8H3. The minimum Gasteiger partial charge on any atom is -0.493 e. The van der Waals surface area contributed by atoms with E-state index < -0.39 is 23.0 Å². The summed E-state index contributed by atoms with van der Waals surface area (Å²) in [7, 11) is 3.13. The van der Waals surface area contributed by atoms with Gasteiger partial charge < -0.3 is 18.9 Å². The van der Waals surface area contributed by atoms with Crippen LogP contribution in [0.4, 0.5) is 0 Å². The number of carbonyl (C=O) groups excluding carboxylic acids is 2. The lowest BCUT2D eigenvalue weighted by atomic mass is 9.91. The lowest BCUT2D eigenvalue weighted by molar-refractivity contribution is -0.158. The Kier molecular flexibility index (Phi) is 8.69. The zero-order chi connectivity index (χ0) is 27.4. The summed E-state index contributed by atoms with van der Waals surface area (Å²) in [5.74, 6) is 0.399. The van der Waals surface area contributed by atoms with Crippen LogP contribution in [-0.4, -0.2) is 26.2 Å². The molecule has 0 saturated carbocycles. The summed E-state index contributed by atoms with van der Waals surface area (Å²) in [5, 5.41) is 1.95. The van der Waals surface area contributed by atoms with Crippen molar-refractivity contribution in [3.63, 3.8) is 0 Å². The van der Waals surface area contributed by atoms with Gasteiger partial charge in [-0.25, -0.2) is 0 Å². The molecule has 2 atom stereocenters. The van der Waals surface area contributed by atoms with Gasteiger partial charge in [0, 0.05) is 21.6 Å². The molecule has 1 heterocycles. The van der Waals surface area contributed by atoms with Crippen LogP contribution in [0.2, 0.25) is 0 Å². The number of methoxy groups -OCH3 is 2. The van der Waals surface area contributed by atoms with Gasteiger partial charge in [-0.2, -0.15) is 0 Å². The van der Waals surface area contributed by atoms with E-state index in [2.05, 4.69) is 0 Å². The molecule has 0 aliphatic carbocycles. The van der Waals surface area contributed by atoms with Crippen molar-refractivity contribution in [1.82, 2.24) is 0 Å². The molecule has 3 aromatic rings. The Morgan fingerprint density at radius 3 is 1.73 bits per heavy atom. The van der Waals surface area contributed by atoms with E-state index in [9.17, 15) is 9.59 Å². The maximum absolute atomic E-state index is 13.2. The Labute approximate surface area is 223 Å². The summed E-state index contributed by atoms with van der Waals surface area (Å²) >= 11 is 1.50. The third kappa shape index (κ3) is 6.72. The van der Waals surface area contributed by atoms with Gasteiger partial charge in [-0.3, -0.25) is 9.59 Å². The number of hydrogen-bond acceptors (Lipinski definition) is 7. The topological polar surface area (TPSA) is 71.1 Å². The monoisotopic (exact) mass is 524 g/mol. The molecule has 0 aliphatic rings. The van der Waals surface area contributed by atoms with Crippen molar-refractivity contribution in [3.05, 3.63) is 81.5 Å². The summed E-state index contributed by atoms with van der Waals surface area (Å²) in [6.45, 7) is 10.9. The largest absolute Gasteiger partial charge is 0.493 e. The van der Waals surface area contributed by atoms with Crippen LogP contribution in [-0.2, 0) is 19.1 Å². The fourth-order valence-electron chi connectivity index (χ4n) is 3.60. The Balaban J connectivity index is 2.20. The Hall–Kier alpha value is -3.32. The van der Waals surface area contributed by atoms with E-state index in [0.29, 0.717) is 22.6 Å². The van der Waals surface area contributed by atoms with Crippen molar-refractivity contribution in [3.8, 4) is 11.5 Å². The van der Waals surface area contributed by atoms with Gasteiger partial charge in [-0.15, -0.1) is 11.3 Å². The van der Waals surface area contributed by atoms with Gasteiger partial charge in [-0.05, 0) is 65.1 Å². The molecule has 0 radical (unpaired) electrons. The first-order chi connectivity index (χ1) is 17.4. The molecule has 0 saturated heterocycles. The molecule has 1 aromatic heterocycles. The lowest BCUT2D eigenvalue weighted by Crippen LogP contribution is -2.27.